The Balaban J connectivity index is 1.34. The van der Waals surface area contributed by atoms with Gasteiger partial charge in [-0.1, -0.05) is 43.0 Å². The van der Waals surface area contributed by atoms with E-state index in [1.165, 1.54) is 21.7 Å². The van der Waals surface area contributed by atoms with Gasteiger partial charge in [0.25, 0.3) is 0 Å². The van der Waals surface area contributed by atoms with Crippen molar-refractivity contribution in [1.29, 1.82) is 5.26 Å². The van der Waals surface area contributed by atoms with Crippen LogP contribution in [0.1, 0.15) is 44.4 Å². The number of benzene rings is 2. The SMILES string of the molecule is C=CC(=O)N1CCN(c2nc(OC[C@@H]3CCCN3C(C)C)nc3c2CCN(c2cccc4ccccc24)C3)C[C@@]1(O)CC#N. The molecule has 3 aliphatic heterocycles. The van der Waals surface area contributed by atoms with E-state index in [-0.39, 0.29) is 19.5 Å². The molecule has 230 valence electrons. The Bertz CT molecular complexity index is 1580. The van der Waals surface area contributed by atoms with Gasteiger partial charge in [-0.25, -0.2) is 0 Å². The lowest BCUT2D eigenvalue weighted by Crippen LogP contribution is -2.64. The van der Waals surface area contributed by atoms with E-state index in [4.69, 9.17) is 14.7 Å². The van der Waals surface area contributed by atoms with Crippen LogP contribution in [0, 0.1) is 11.3 Å². The predicted octanol–water partition coefficient (Wildman–Crippen LogP) is 3.88. The normalized spacial score (nSPS) is 22.2. The van der Waals surface area contributed by atoms with Crippen molar-refractivity contribution in [2.45, 2.75) is 63.9 Å². The molecule has 0 radical (unpaired) electrons. The first-order valence-electron chi connectivity index (χ1n) is 15.6. The van der Waals surface area contributed by atoms with Crippen LogP contribution in [0.3, 0.4) is 0 Å². The minimum Gasteiger partial charge on any atom is -0.462 e. The molecule has 1 N–H and O–H groups in total. The lowest BCUT2D eigenvalue weighted by molar-refractivity contribution is -0.155. The summed E-state index contributed by atoms with van der Waals surface area (Å²) in [6, 6.07) is 17.9. The fourth-order valence-electron chi connectivity index (χ4n) is 7.08. The van der Waals surface area contributed by atoms with Crippen LogP contribution >= 0.6 is 0 Å². The largest absolute Gasteiger partial charge is 0.462 e. The summed E-state index contributed by atoms with van der Waals surface area (Å²) in [6.45, 7) is 11.7. The van der Waals surface area contributed by atoms with Crippen molar-refractivity contribution in [3.8, 4) is 12.1 Å². The summed E-state index contributed by atoms with van der Waals surface area (Å²) >= 11 is 0. The Morgan fingerprint density at radius 3 is 2.77 bits per heavy atom. The summed E-state index contributed by atoms with van der Waals surface area (Å²) in [5, 5.41) is 23.5. The smallest absolute Gasteiger partial charge is 0.318 e. The first-order valence-corrected chi connectivity index (χ1v) is 15.6. The molecule has 3 aromatic rings. The topological polar surface area (TPSA) is 109 Å². The number of fused-ring (bicyclic) bond motifs is 2. The van der Waals surface area contributed by atoms with Crippen LogP contribution in [-0.2, 0) is 17.8 Å². The molecule has 1 amide bonds. The first kappa shape index (κ1) is 29.9. The van der Waals surface area contributed by atoms with Crippen molar-refractivity contribution >= 4 is 28.2 Å². The molecular weight excluding hydrogens is 554 g/mol. The van der Waals surface area contributed by atoms with Crippen LogP contribution in [-0.4, -0.2) is 87.9 Å². The van der Waals surface area contributed by atoms with Crippen LogP contribution in [0.15, 0.2) is 55.1 Å². The minimum atomic E-state index is -1.66. The lowest BCUT2D eigenvalue weighted by atomic mass is 10.00. The number of nitrogens with zero attached hydrogens (tertiary/aromatic N) is 7. The molecule has 0 bridgehead atoms. The van der Waals surface area contributed by atoms with Crippen molar-refractivity contribution in [2.24, 2.45) is 0 Å². The monoisotopic (exact) mass is 595 g/mol. The van der Waals surface area contributed by atoms with Crippen LogP contribution < -0.4 is 14.5 Å². The summed E-state index contributed by atoms with van der Waals surface area (Å²) in [5.41, 5.74) is 1.41. The van der Waals surface area contributed by atoms with Crippen molar-refractivity contribution < 1.29 is 14.6 Å². The van der Waals surface area contributed by atoms with Crippen molar-refractivity contribution in [3.63, 3.8) is 0 Å². The molecule has 3 aliphatic rings. The van der Waals surface area contributed by atoms with Crippen LogP contribution in [0.25, 0.3) is 10.8 Å². The molecule has 0 unspecified atom stereocenters. The molecule has 2 fully saturated rings. The number of hydrogen-bond donors (Lipinski definition) is 1. The van der Waals surface area contributed by atoms with E-state index in [2.05, 4.69) is 78.8 Å². The highest BCUT2D eigenvalue weighted by atomic mass is 16.5. The van der Waals surface area contributed by atoms with Gasteiger partial charge in [-0.15, -0.1) is 0 Å². The molecule has 2 aromatic carbocycles. The van der Waals surface area contributed by atoms with Gasteiger partial charge in [0.15, 0.2) is 5.72 Å². The van der Waals surface area contributed by atoms with Crippen LogP contribution in [0.5, 0.6) is 6.01 Å². The van der Waals surface area contributed by atoms with Gasteiger partial charge in [0, 0.05) is 48.4 Å². The van der Waals surface area contributed by atoms with Gasteiger partial charge < -0.3 is 24.5 Å². The molecule has 0 spiro atoms. The van der Waals surface area contributed by atoms with E-state index >= 15 is 0 Å². The highest BCUT2D eigenvalue weighted by Crippen LogP contribution is 2.36. The minimum absolute atomic E-state index is 0.0554. The second-order valence-corrected chi connectivity index (χ2v) is 12.3. The maximum Gasteiger partial charge on any atom is 0.318 e. The zero-order valence-corrected chi connectivity index (χ0v) is 25.7. The molecule has 44 heavy (non-hydrogen) atoms. The Morgan fingerprint density at radius 2 is 1.98 bits per heavy atom. The third kappa shape index (κ3) is 5.70. The van der Waals surface area contributed by atoms with E-state index in [0.29, 0.717) is 50.0 Å². The predicted molar refractivity (Wildman–Crippen MR) is 170 cm³/mol. The standard InChI is InChI=1S/C34H41N7O3/c1-4-31(42)41-20-19-39(23-34(41,43)15-16-35)32-28-14-18-38(30-13-7-10-25-9-5-6-12-27(25)30)21-29(28)36-33(37-32)44-22-26-11-8-17-40(26)24(2)3/h4-7,9-10,12-13,24,26,43H,1,8,11,14-15,17-23H2,2-3H3/t26-,34-/m0/s1. The number of anilines is 2. The summed E-state index contributed by atoms with van der Waals surface area (Å²) < 4.78 is 6.35. The second-order valence-electron chi connectivity index (χ2n) is 12.3. The molecular formula is C34H41N7O3. The Hall–Kier alpha value is -4.20. The van der Waals surface area contributed by atoms with Gasteiger partial charge >= 0.3 is 6.01 Å². The molecule has 0 aliphatic carbocycles. The number of rotatable bonds is 8. The average molecular weight is 596 g/mol. The highest BCUT2D eigenvalue weighted by molar-refractivity contribution is 5.94. The van der Waals surface area contributed by atoms with Gasteiger partial charge in [-0.05, 0) is 57.2 Å². The number of β-amino-alcohol motifs (C(OH)–C–C–N with tert-alkyl or cyclic N) is 1. The molecule has 10 heteroatoms. The zero-order valence-electron chi connectivity index (χ0n) is 25.7. The Morgan fingerprint density at radius 1 is 1.16 bits per heavy atom. The molecule has 0 saturated carbocycles. The van der Waals surface area contributed by atoms with Crippen LogP contribution in [0.4, 0.5) is 11.5 Å². The van der Waals surface area contributed by atoms with Crippen LogP contribution in [0.2, 0.25) is 0 Å². The number of nitriles is 1. The van der Waals surface area contributed by atoms with E-state index in [1.807, 2.05) is 4.90 Å². The number of ether oxygens (including phenoxy) is 1. The number of aromatic nitrogens is 2. The molecule has 6 rings (SSSR count). The van der Waals surface area contributed by atoms with Gasteiger partial charge in [0.2, 0.25) is 5.91 Å². The summed E-state index contributed by atoms with van der Waals surface area (Å²) in [7, 11) is 0. The Labute approximate surface area is 259 Å². The maximum atomic E-state index is 12.6. The molecule has 2 saturated heterocycles. The van der Waals surface area contributed by atoms with Crippen molar-refractivity contribution in [1.82, 2.24) is 19.8 Å². The number of carbonyl (C=O) groups excluding carboxylic acids is 1. The molecule has 10 nitrogen and oxygen atoms in total. The second kappa shape index (κ2) is 12.4. The lowest BCUT2D eigenvalue weighted by Gasteiger charge is -2.47. The van der Waals surface area contributed by atoms with Gasteiger partial charge in [0.1, 0.15) is 12.4 Å². The molecule has 4 heterocycles. The van der Waals surface area contributed by atoms with E-state index in [9.17, 15) is 15.2 Å². The third-order valence-corrected chi connectivity index (χ3v) is 9.26. The number of carbonyl (C=O) groups is 1. The van der Waals surface area contributed by atoms with Crippen molar-refractivity contribution in [2.75, 3.05) is 49.1 Å². The number of aliphatic hydroxyl groups is 1. The number of hydrogen-bond acceptors (Lipinski definition) is 9. The average Bonchev–Trinajstić information content (AvgIpc) is 3.52. The number of piperazine rings is 1. The highest BCUT2D eigenvalue weighted by Gasteiger charge is 2.43. The number of amides is 1. The third-order valence-electron chi connectivity index (χ3n) is 9.26. The first-order chi connectivity index (χ1) is 21.3. The molecule has 2 atom stereocenters. The quantitative estimate of drug-likeness (QED) is 0.388. The van der Waals surface area contributed by atoms with E-state index in [0.717, 1.165) is 42.9 Å². The van der Waals surface area contributed by atoms with E-state index in [1.54, 1.807) is 0 Å². The van der Waals surface area contributed by atoms with Gasteiger partial charge in [-0.3, -0.25) is 9.69 Å². The molecule has 1 aromatic heterocycles. The zero-order chi connectivity index (χ0) is 30.8. The summed E-state index contributed by atoms with van der Waals surface area (Å²) in [5.74, 6) is 0.310. The fraction of sp³-hybridized carbons (Fsp3) is 0.471. The Kier molecular flexibility index (Phi) is 8.43. The summed E-state index contributed by atoms with van der Waals surface area (Å²) in [6.07, 6.45) is 3.89. The van der Waals surface area contributed by atoms with Gasteiger partial charge in [0.05, 0.1) is 31.3 Å². The maximum absolute atomic E-state index is 12.6. The van der Waals surface area contributed by atoms with E-state index < -0.39 is 11.6 Å². The summed E-state index contributed by atoms with van der Waals surface area (Å²) in [4.78, 5) is 30.7. The van der Waals surface area contributed by atoms with Gasteiger partial charge in [-0.2, -0.15) is 15.2 Å². The number of likely N-dealkylation sites (tertiary alicyclic amines) is 1. The fourth-order valence-corrected chi connectivity index (χ4v) is 7.08. The van der Waals surface area contributed by atoms with Crippen molar-refractivity contribution in [3.05, 3.63) is 66.4 Å².